The van der Waals surface area contributed by atoms with Crippen molar-refractivity contribution in [2.75, 3.05) is 11.4 Å². The standard InChI is InChI=1S/C30H28N4O2/c1-20-31-28(18-22-11-12-22)24(19-34(20)25-7-3-2-4-8-25)17-21-13-15-23(16-14-21)26-9-5-6-10-27(26)29-32-30(35)36-33-29/h2-10,13-16,22H,11-12,17-19H2,1H3,(H,32,33,35). The highest BCUT2D eigenvalue weighted by Crippen LogP contribution is 2.38. The van der Waals surface area contributed by atoms with Gasteiger partial charge in [0.25, 0.3) is 0 Å². The zero-order chi connectivity index (χ0) is 24.5. The van der Waals surface area contributed by atoms with Gasteiger partial charge in [-0.3, -0.25) is 9.51 Å². The molecule has 0 saturated heterocycles. The number of aromatic amines is 1. The second-order valence-electron chi connectivity index (χ2n) is 9.64. The first kappa shape index (κ1) is 22.3. The first-order chi connectivity index (χ1) is 17.6. The maximum atomic E-state index is 11.5. The van der Waals surface area contributed by atoms with Gasteiger partial charge in [-0.25, -0.2) is 9.79 Å². The molecule has 1 fully saturated rings. The number of nitrogens with one attached hydrogen (secondary N) is 1. The maximum absolute atomic E-state index is 11.5. The predicted octanol–water partition coefficient (Wildman–Crippen LogP) is 6.23. The molecule has 0 amide bonds. The predicted molar refractivity (Wildman–Crippen MR) is 143 cm³/mol. The summed E-state index contributed by atoms with van der Waals surface area (Å²) in [5, 5.41) is 3.88. The second kappa shape index (κ2) is 9.46. The van der Waals surface area contributed by atoms with Gasteiger partial charge in [-0.1, -0.05) is 71.9 Å². The Kier molecular flexibility index (Phi) is 5.85. The van der Waals surface area contributed by atoms with E-state index in [0.29, 0.717) is 5.82 Å². The van der Waals surface area contributed by atoms with E-state index < -0.39 is 5.76 Å². The lowest BCUT2D eigenvalue weighted by molar-refractivity contribution is 0.388. The molecule has 180 valence electrons. The number of para-hydroxylation sites is 1. The van der Waals surface area contributed by atoms with E-state index in [-0.39, 0.29) is 0 Å². The van der Waals surface area contributed by atoms with E-state index in [9.17, 15) is 4.79 Å². The molecular formula is C30H28N4O2. The van der Waals surface area contributed by atoms with Crippen LogP contribution in [-0.2, 0) is 6.42 Å². The minimum absolute atomic E-state index is 0.436. The molecule has 1 aliphatic heterocycles. The number of H-pyrrole nitrogens is 1. The van der Waals surface area contributed by atoms with Gasteiger partial charge in [0.2, 0.25) is 0 Å². The van der Waals surface area contributed by atoms with Crippen LogP contribution in [0.4, 0.5) is 5.69 Å². The van der Waals surface area contributed by atoms with Crippen molar-refractivity contribution in [2.45, 2.75) is 32.6 Å². The first-order valence-electron chi connectivity index (χ1n) is 12.5. The fourth-order valence-electron chi connectivity index (χ4n) is 4.90. The lowest BCUT2D eigenvalue weighted by atomic mass is 9.95. The quantitative estimate of drug-likeness (QED) is 0.343. The van der Waals surface area contributed by atoms with Gasteiger partial charge in [0.05, 0.1) is 0 Å². The van der Waals surface area contributed by atoms with Gasteiger partial charge in [-0.05, 0) is 72.9 Å². The van der Waals surface area contributed by atoms with E-state index in [1.54, 1.807) is 0 Å². The Labute approximate surface area is 210 Å². The van der Waals surface area contributed by atoms with Crippen LogP contribution in [0, 0.1) is 5.92 Å². The molecule has 2 aliphatic rings. The topological polar surface area (TPSA) is 74.5 Å². The summed E-state index contributed by atoms with van der Waals surface area (Å²) in [5.41, 5.74) is 8.00. The van der Waals surface area contributed by atoms with Crippen molar-refractivity contribution in [2.24, 2.45) is 10.9 Å². The van der Waals surface area contributed by atoms with Crippen molar-refractivity contribution in [1.29, 1.82) is 0 Å². The molecular weight excluding hydrogens is 448 g/mol. The van der Waals surface area contributed by atoms with Crippen LogP contribution in [0.3, 0.4) is 0 Å². The van der Waals surface area contributed by atoms with Crippen molar-refractivity contribution in [3.8, 4) is 22.5 Å². The van der Waals surface area contributed by atoms with Gasteiger partial charge in [0, 0.05) is 23.5 Å². The highest BCUT2D eigenvalue weighted by atomic mass is 16.5. The van der Waals surface area contributed by atoms with Crippen LogP contribution in [0.25, 0.3) is 22.5 Å². The molecule has 36 heavy (non-hydrogen) atoms. The van der Waals surface area contributed by atoms with Gasteiger partial charge in [-0.15, -0.1) is 0 Å². The summed E-state index contributed by atoms with van der Waals surface area (Å²) < 4.78 is 4.72. The lowest BCUT2D eigenvalue weighted by Gasteiger charge is -2.31. The minimum atomic E-state index is -0.555. The molecule has 0 atom stereocenters. The van der Waals surface area contributed by atoms with Crippen LogP contribution in [0.2, 0.25) is 0 Å². The van der Waals surface area contributed by atoms with Gasteiger partial charge in [0.15, 0.2) is 5.82 Å². The average Bonchev–Trinajstić information content (AvgIpc) is 3.63. The summed E-state index contributed by atoms with van der Waals surface area (Å²) in [5.74, 6) is 1.74. The van der Waals surface area contributed by atoms with Gasteiger partial charge in [-0.2, -0.15) is 0 Å². The van der Waals surface area contributed by atoms with Gasteiger partial charge in [0.1, 0.15) is 5.84 Å². The summed E-state index contributed by atoms with van der Waals surface area (Å²) in [4.78, 5) is 21.5. The van der Waals surface area contributed by atoms with Crippen molar-refractivity contribution < 1.29 is 4.52 Å². The SMILES string of the molecule is CC1=NC(CC2CC2)=C(Cc2ccc(-c3ccccc3-c3noc(=O)[nH]3)cc2)CN1c1ccccc1. The Bertz CT molecular complexity index is 1490. The number of hydrogen-bond acceptors (Lipinski definition) is 5. The molecule has 6 heteroatoms. The monoisotopic (exact) mass is 476 g/mol. The molecule has 0 spiro atoms. The van der Waals surface area contributed by atoms with E-state index in [4.69, 9.17) is 9.52 Å². The molecule has 0 unspecified atom stereocenters. The molecule has 3 aromatic carbocycles. The van der Waals surface area contributed by atoms with Crippen molar-refractivity contribution in [3.63, 3.8) is 0 Å². The number of aliphatic imine (C=N–C) groups is 1. The third-order valence-electron chi connectivity index (χ3n) is 7.00. The highest BCUT2D eigenvalue weighted by molar-refractivity contribution is 5.98. The van der Waals surface area contributed by atoms with Crippen LogP contribution in [-0.4, -0.2) is 22.5 Å². The Balaban J connectivity index is 1.28. The highest BCUT2D eigenvalue weighted by Gasteiger charge is 2.27. The lowest BCUT2D eigenvalue weighted by Crippen LogP contribution is -2.34. The fourth-order valence-corrected chi connectivity index (χ4v) is 4.90. The van der Waals surface area contributed by atoms with Crippen LogP contribution >= 0.6 is 0 Å². The molecule has 0 radical (unpaired) electrons. The van der Waals surface area contributed by atoms with E-state index in [0.717, 1.165) is 47.8 Å². The van der Waals surface area contributed by atoms with Crippen LogP contribution in [0.5, 0.6) is 0 Å². The van der Waals surface area contributed by atoms with E-state index in [2.05, 4.69) is 76.6 Å². The third kappa shape index (κ3) is 4.67. The summed E-state index contributed by atoms with van der Waals surface area (Å²) in [7, 11) is 0. The molecule has 1 saturated carbocycles. The van der Waals surface area contributed by atoms with Crippen molar-refractivity contribution in [1.82, 2.24) is 10.1 Å². The second-order valence-corrected chi connectivity index (χ2v) is 9.64. The van der Waals surface area contributed by atoms with Gasteiger partial charge < -0.3 is 4.90 Å². The Hall–Kier alpha value is -4.19. The molecule has 2 heterocycles. The molecule has 4 aromatic rings. The molecule has 6 rings (SSSR count). The zero-order valence-electron chi connectivity index (χ0n) is 20.3. The van der Waals surface area contributed by atoms with Crippen LogP contribution in [0.15, 0.2) is 104 Å². The summed E-state index contributed by atoms with van der Waals surface area (Å²) in [6, 6.07) is 27.1. The Morgan fingerprint density at radius 3 is 2.36 bits per heavy atom. The minimum Gasteiger partial charge on any atom is -0.326 e. The van der Waals surface area contributed by atoms with E-state index in [1.807, 2.05) is 24.3 Å². The number of aromatic nitrogens is 2. The number of benzene rings is 3. The maximum Gasteiger partial charge on any atom is 0.439 e. The summed E-state index contributed by atoms with van der Waals surface area (Å²) in [6.07, 6.45) is 4.59. The molecule has 1 aromatic heterocycles. The fraction of sp³-hybridized carbons (Fsp3) is 0.233. The molecule has 6 nitrogen and oxygen atoms in total. The number of nitrogens with zero attached hydrogens (tertiary/aromatic N) is 3. The smallest absolute Gasteiger partial charge is 0.326 e. The first-order valence-corrected chi connectivity index (χ1v) is 12.5. The number of allylic oxidation sites excluding steroid dienone is 1. The normalized spacial score (nSPS) is 15.8. The summed E-state index contributed by atoms with van der Waals surface area (Å²) in [6.45, 7) is 2.98. The van der Waals surface area contributed by atoms with Gasteiger partial charge >= 0.3 is 5.76 Å². The number of rotatable bonds is 7. The zero-order valence-corrected chi connectivity index (χ0v) is 20.3. The summed E-state index contributed by atoms with van der Waals surface area (Å²) >= 11 is 0. The van der Waals surface area contributed by atoms with Crippen molar-refractivity contribution >= 4 is 11.5 Å². The largest absolute Gasteiger partial charge is 0.439 e. The number of hydrogen-bond donors (Lipinski definition) is 1. The Morgan fingerprint density at radius 1 is 0.944 bits per heavy atom. The Morgan fingerprint density at radius 2 is 1.67 bits per heavy atom. The number of anilines is 1. The van der Waals surface area contributed by atoms with E-state index in [1.165, 1.54) is 35.4 Å². The number of amidine groups is 1. The molecule has 1 aliphatic carbocycles. The van der Waals surface area contributed by atoms with Crippen LogP contribution < -0.4 is 10.7 Å². The van der Waals surface area contributed by atoms with Crippen LogP contribution in [0.1, 0.15) is 31.7 Å². The average molecular weight is 477 g/mol. The van der Waals surface area contributed by atoms with E-state index >= 15 is 0 Å². The third-order valence-corrected chi connectivity index (χ3v) is 7.00. The molecule has 1 N–H and O–H groups in total. The van der Waals surface area contributed by atoms with Crippen molar-refractivity contribution in [3.05, 3.63) is 106 Å². The molecule has 0 bridgehead atoms.